The fraction of sp³-hybridized carbons (Fsp3) is 0. The third-order valence-electron chi connectivity index (χ3n) is 2.60. The minimum atomic E-state index is -1.02. The van der Waals surface area contributed by atoms with Crippen molar-refractivity contribution in [1.82, 2.24) is 0 Å². The Bertz CT molecular complexity index is 656. The monoisotopic (exact) mass is 242 g/mol. The normalized spacial score (nSPS) is 10.9. The van der Waals surface area contributed by atoms with E-state index in [1.54, 1.807) is 24.3 Å². The number of aromatic hydroxyl groups is 1. The van der Waals surface area contributed by atoms with Crippen LogP contribution in [0.25, 0.3) is 16.8 Å². The van der Waals surface area contributed by atoms with Crippen LogP contribution in [-0.4, -0.2) is 22.5 Å². The van der Waals surface area contributed by atoms with E-state index in [1.807, 2.05) is 0 Å². The van der Waals surface area contributed by atoms with Crippen molar-refractivity contribution in [2.75, 3.05) is 0 Å². The lowest BCUT2D eigenvalue weighted by molar-refractivity contribution is -0.131. The molecule has 0 aliphatic carbocycles. The fourth-order valence-electron chi connectivity index (χ4n) is 1.76. The lowest BCUT2D eigenvalue weighted by atomic mass is 10.0. The molecule has 2 rings (SSSR count). The minimum Gasteiger partial charge on any atom is -0.507 e. The van der Waals surface area contributed by atoms with Gasteiger partial charge in [-0.2, -0.15) is 0 Å². The molecule has 0 heterocycles. The summed E-state index contributed by atoms with van der Waals surface area (Å²) in [5.74, 6) is -1.08. The number of phenolic OH excluding ortho intramolecular Hbond substituents is 1. The molecule has 4 nitrogen and oxygen atoms in total. The molecule has 0 fully saturated rings. The maximum Gasteiger partial charge on any atom is 0.328 e. The van der Waals surface area contributed by atoms with E-state index in [1.165, 1.54) is 12.1 Å². The number of aldehydes is 1. The van der Waals surface area contributed by atoms with Crippen LogP contribution in [0.15, 0.2) is 36.4 Å². The molecular formula is C14H10O4. The van der Waals surface area contributed by atoms with Gasteiger partial charge in [0.05, 0.1) is 5.56 Å². The van der Waals surface area contributed by atoms with Gasteiger partial charge in [0.1, 0.15) is 5.75 Å². The van der Waals surface area contributed by atoms with Crippen molar-refractivity contribution in [1.29, 1.82) is 0 Å². The molecule has 0 atom stereocenters. The smallest absolute Gasteiger partial charge is 0.328 e. The van der Waals surface area contributed by atoms with Crippen LogP contribution < -0.4 is 0 Å². The highest BCUT2D eigenvalue weighted by Gasteiger charge is 2.05. The van der Waals surface area contributed by atoms with E-state index in [0.29, 0.717) is 17.2 Å². The van der Waals surface area contributed by atoms with E-state index in [9.17, 15) is 14.7 Å². The average molecular weight is 242 g/mol. The number of carbonyl (C=O) groups is 2. The van der Waals surface area contributed by atoms with Gasteiger partial charge < -0.3 is 10.2 Å². The number of carboxylic acids is 1. The summed E-state index contributed by atoms with van der Waals surface area (Å²) in [6, 6.07) is 8.24. The van der Waals surface area contributed by atoms with Crippen molar-refractivity contribution in [2.24, 2.45) is 0 Å². The number of hydrogen-bond donors (Lipinski definition) is 2. The van der Waals surface area contributed by atoms with E-state index in [2.05, 4.69) is 0 Å². The third kappa shape index (κ3) is 2.22. The lowest BCUT2D eigenvalue weighted by Crippen LogP contribution is -1.87. The largest absolute Gasteiger partial charge is 0.507 e. The van der Waals surface area contributed by atoms with Gasteiger partial charge in [0.15, 0.2) is 6.29 Å². The maximum atomic E-state index is 10.9. The summed E-state index contributed by atoms with van der Waals surface area (Å²) in [6.07, 6.45) is 3.11. The van der Waals surface area contributed by atoms with Crippen LogP contribution in [0.2, 0.25) is 0 Å². The molecule has 0 aliphatic heterocycles. The minimum absolute atomic E-state index is 0.0636. The molecule has 0 unspecified atom stereocenters. The Hall–Kier alpha value is -2.62. The van der Waals surface area contributed by atoms with Crippen LogP contribution in [0.3, 0.4) is 0 Å². The van der Waals surface area contributed by atoms with E-state index in [4.69, 9.17) is 5.11 Å². The molecule has 0 saturated carbocycles. The second kappa shape index (κ2) is 4.71. The van der Waals surface area contributed by atoms with Crippen molar-refractivity contribution >= 4 is 29.1 Å². The molecule has 0 aliphatic rings. The number of carbonyl (C=O) groups excluding carboxylic acids is 1. The highest BCUT2D eigenvalue weighted by atomic mass is 16.4. The molecule has 90 valence electrons. The first-order chi connectivity index (χ1) is 8.61. The second-order valence-corrected chi connectivity index (χ2v) is 3.77. The van der Waals surface area contributed by atoms with Crippen molar-refractivity contribution in [3.63, 3.8) is 0 Å². The molecule has 18 heavy (non-hydrogen) atoms. The van der Waals surface area contributed by atoms with Crippen molar-refractivity contribution < 1.29 is 19.8 Å². The van der Waals surface area contributed by atoms with E-state index >= 15 is 0 Å². The van der Waals surface area contributed by atoms with Gasteiger partial charge >= 0.3 is 5.97 Å². The topological polar surface area (TPSA) is 74.6 Å². The highest BCUT2D eigenvalue weighted by Crippen LogP contribution is 2.26. The molecule has 0 spiro atoms. The number of fused-ring (bicyclic) bond motifs is 1. The van der Waals surface area contributed by atoms with Gasteiger partial charge in [0.25, 0.3) is 0 Å². The van der Waals surface area contributed by atoms with Crippen molar-refractivity contribution in [2.45, 2.75) is 0 Å². The first-order valence-corrected chi connectivity index (χ1v) is 5.24. The Morgan fingerprint density at radius 2 is 1.94 bits per heavy atom. The van der Waals surface area contributed by atoms with Gasteiger partial charge in [-0.25, -0.2) is 4.79 Å². The van der Waals surface area contributed by atoms with E-state index in [0.717, 1.165) is 11.5 Å². The molecule has 0 aromatic heterocycles. The van der Waals surface area contributed by atoms with Crippen LogP contribution >= 0.6 is 0 Å². The van der Waals surface area contributed by atoms with Gasteiger partial charge in [-0.3, -0.25) is 4.79 Å². The number of hydrogen-bond acceptors (Lipinski definition) is 3. The quantitative estimate of drug-likeness (QED) is 0.640. The highest BCUT2D eigenvalue weighted by molar-refractivity contribution is 6.01. The van der Waals surface area contributed by atoms with Gasteiger partial charge in [0, 0.05) is 6.08 Å². The molecule has 0 saturated heterocycles. The number of aliphatic carboxylic acids is 1. The SMILES string of the molecule is O=Cc1c(O)ccc2cc(/C=C/C(=O)O)ccc12. The van der Waals surface area contributed by atoms with Gasteiger partial charge in [0.2, 0.25) is 0 Å². The van der Waals surface area contributed by atoms with Crippen LogP contribution in [0.4, 0.5) is 0 Å². The standard InChI is InChI=1S/C14H10O4/c15-8-12-11-4-1-9(2-6-14(17)18)7-10(11)3-5-13(12)16/h1-8,16H,(H,17,18)/b6-2+. The van der Waals surface area contributed by atoms with Crippen LogP contribution in [-0.2, 0) is 4.79 Å². The van der Waals surface area contributed by atoms with Crippen molar-refractivity contribution in [3.05, 3.63) is 47.5 Å². The summed E-state index contributed by atoms with van der Waals surface area (Å²) < 4.78 is 0. The Morgan fingerprint density at radius 3 is 2.61 bits per heavy atom. The van der Waals surface area contributed by atoms with E-state index in [-0.39, 0.29) is 11.3 Å². The maximum absolute atomic E-state index is 10.9. The summed E-state index contributed by atoms with van der Waals surface area (Å²) >= 11 is 0. The predicted octanol–water partition coefficient (Wildman–Crippen LogP) is 2.46. The molecule has 0 radical (unpaired) electrons. The van der Waals surface area contributed by atoms with E-state index < -0.39 is 5.97 Å². The molecule has 2 aromatic carbocycles. The van der Waals surface area contributed by atoms with Gasteiger partial charge in [-0.1, -0.05) is 18.2 Å². The van der Waals surface area contributed by atoms with Crippen LogP contribution in [0.1, 0.15) is 15.9 Å². The number of rotatable bonds is 3. The molecule has 0 amide bonds. The molecule has 2 aromatic rings. The van der Waals surface area contributed by atoms with Crippen LogP contribution in [0.5, 0.6) is 5.75 Å². The van der Waals surface area contributed by atoms with Crippen molar-refractivity contribution in [3.8, 4) is 5.75 Å². The fourth-order valence-corrected chi connectivity index (χ4v) is 1.76. The van der Waals surface area contributed by atoms with Gasteiger partial charge in [-0.05, 0) is 34.5 Å². The summed E-state index contributed by atoms with van der Waals surface area (Å²) in [6.45, 7) is 0. The summed E-state index contributed by atoms with van der Waals surface area (Å²) in [5.41, 5.74) is 0.953. The van der Waals surface area contributed by atoms with Gasteiger partial charge in [-0.15, -0.1) is 0 Å². The van der Waals surface area contributed by atoms with Crippen LogP contribution in [0, 0.1) is 0 Å². The molecule has 0 bridgehead atoms. The number of benzene rings is 2. The number of carboxylic acid groups (broad SMARTS) is 1. The lowest BCUT2D eigenvalue weighted by Gasteiger charge is -2.04. The summed E-state index contributed by atoms with van der Waals surface area (Å²) in [7, 11) is 0. The zero-order chi connectivity index (χ0) is 13.1. The second-order valence-electron chi connectivity index (χ2n) is 3.77. The molecule has 4 heteroatoms. The first kappa shape index (κ1) is 11.9. The first-order valence-electron chi connectivity index (χ1n) is 5.24. The zero-order valence-electron chi connectivity index (χ0n) is 9.33. The Balaban J connectivity index is 2.57. The Morgan fingerprint density at radius 1 is 1.17 bits per heavy atom. The summed E-state index contributed by atoms with van der Waals surface area (Å²) in [4.78, 5) is 21.3. The molecular weight excluding hydrogens is 232 g/mol. The Labute approximate surface area is 103 Å². The summed E-state index contributed by atoms with van der Waals surface area (Å²) in [5, 5.41) is 19.5. The third-order valence-corrected chi connectivity index (χ3v) is 2.60. The Kier molecular flexibility index (Phi) is 3.10. The molecule has 2 N–H and O–H groups in total. The predicted molar refractivity (Wildman–Crippen MR) is 67.7 cm³/mol. The zero-order valence-corrected chi connectivity index (χ0v) is 9.33. The number of phenols is 1. The average Bonchev–Trinajstić information content (AvgIpc) is 2.36.